The van der Waals surface area contributed by atoms with Crippen molar-refractivity contribution in [2.24, 2.45) is 0 Å². The molecular formula is C8H10N4O2S. The summed E-state index contributed by atoms with van der Waals surface area (Å²) >= 11 is 1.19. The molecule has 1 unspecified atom stereocenters. The molecule has 0 radical (unpaired) electrons. The number of imide groups is 1. The Labute approximate surface area is 90.5 Å². The lowest BCUT2D eigenvalue weighted by molar-refractivity contribution is -0.146. The summed E-state index contributed by atoms with van der Waals surface area (Å²) in [7, 11) is 1.50. The van der Waals surface area contributed by atoms with Gasteiger partial charge in [0.25, 0.3) is 5.91 Å². The Morgan fingerprint density at radius 1 is 1.60 bits per heavy atom. The van der Waals surface area contributed by atoms with Gasteiger partial charge in [-0.25, -0.2) is 4.98 Å². The summed E-state index contributed by atoms with van der Waals surface area (Å²) < 4.78 is 3.82. The van der Waals surface area contributed by atoms with Crippen LogP contribution in [0, 0.1) is 0 Å². The number of anilines is 1. The molecule has 1 atom stereocenters. The van der Waals surface area contributed by atoms with Gasteiger partial charge in [-0.1, -0.05) is 0 Å². The molecule has 1 aliphatic heterocycles. The largest absolute Gasteiger partial charge is 0.348 e. The fraction of sp³-hybridized carbons (Fsp3) is 0.500. The minimum Gasteiger partial charge on any atom is -0.348 e. The lowest BCUT2D eigenvalue weighted by Gasteiger charge is -2.27. The van der Waals surface area contributed by atoms with Crippen LogP contribution in [-0.2, 0) is 9.59 Å². The number of amides is 2. The molecule has 1 aromatic heterocycles. The van der Waals surface area contributed by atoms with Crippen molar-refractivity contribution in [1.29, 1.82) is 0 Å². The highest BCUT2D eigenvalue weighted by atomic mass is 32.1. The summed E-state index contributed by atoms with van der Waals surface area (Å²) in [5.74, 6) is -0.336. The van der Waals surface area contributed by atoms with Crippen molar-refractivity contribution in [2.75, 3.05) is 12.4 Å². The Bertz CT molecular complexity index is 378. The third kappa shape index (κ3) is 1.96. The van der Waals surface area contributed by atoms with Crippen molar-refractivity contribution in [3.8, 4) is 0 Å². The number of nitrogens with one attached hydrogen (secondary N) is 1. The maximum absolute atomic E-state index is 11.7. The second kappa shape index (κ2) is 3.93. The average molecular weight is 226 g/mol. The van der Waals surface area contributed by atoms with E-state index in [1.165, 1.54) is 24.9 Å². The summed E-state index contributed by atoms with van der Waals surface area (Å²) in [6.45, 7) is 0. The lowest BCUT2D eigenvalue weighted by Crippen LogP contribution is -2.48. The molecule has 0 saturated carbocycles. The second-order valence-electron chi connectivity index (χ2n) is 3.27. The van der Waals surface area contributed by atoms with Crippen molar-refractivity contribution >= 4 is 28.5 Å². The predicted molar refractivity (Wildman–Crippen MR) is 54.3 cm³/mol. The first kappa shape index (κ1) is 10.0. The van der Waals surface area contributed by atoms with E-state index in [-0.39, 0.29) is 17.9 Å². The first-order valence-corrected chi connectivity index (χ1v) is 5.29. The number of hydrogen-bond donors (Lipinski definition) is 1. The summed E-state index contributed by atoms with van der Waals surface area (Å²) in [4.78, 5) is 27.9. The molecule has 0 aliphatic carbocycles. The van der Waals surface area contributed by atoms with Crippen LogP contribution in [0.3, 0.4) is 0 Å². The van der Waals surface area contributed by atoms with E-state index in [2.05, 4.69) is 14.7 Å². The van der Waals surface area contributed by atoms with E-state index in [4.69, 9.17) is 0 Å². The molecule has 0 spiro atoms. The van der Waals surface area contributed by atoms with Gasteiger partial charge in [0.15, 0.2) is 0 Å². The standard InChI is InChI=1S/C8H10N4O2S/c1-12-6(13)3-2-5(7(12)14)11-8-9-4-10-15-8/h4-5H,2-3H2,1H3,(H,9,10,11). The number of carbonyl (C=O) groups excluding carboxylic acids is 2. The van der Waals surface area contributed by atoms with Gasteiger partial charge in [-0.05, 0) is 6.42 Å². The third-order valence-electron chi connectivity index (χ3n) is 2.31. The molecule has 1 fully saturated rings. The van der Waals surface area contributed by atoms with Gasteiger partial charge in [0.2, 0.25) is 11.0 Å². The second-order valence-corrected chi connectivity index (χ2v) is 4.05. The van der Waals surface area contributed by atoms with Gasteiger partial charge in [0, 0.05) is 25.0 Å². The van der Waals surface area contributed by atoms with Crippen LogP contribution in [-0.4, -0.2) is 39.2 Å². The number of hydrogen-bond acceptors (Lipinski definition) is 6. The van der Waals surface area contributed by atoms with Gasteiger partial charge in [-0.15, -0.1) is 0 Å². The number of piperidine rings is 1. The van der Waals surface area contributed by atoms with E-state index in [0.29, 0.717) is 18.0 Å². The number of rotatable bonds is 2. The van der Waals surface area contributed by atoms with Gasteiger partial charge < -0.3 is 5.32 Å². The average Bonchev–Trinajstić information content (AvgIpc) is 2.72. The molecule has 6 nitrogen and oxygen atoms in total. The maximum atomic E-state index is 11.7. The highest BCUT2D eigenvalue weighted by Crippen LogP contribution is 2.17. The molecule has 80 valence electrons. The number of carbonyl (C=O) groups is 2. The van der Waals surface area contributed by atoms with Crippen LogP contribution >= 0.6 is 11.5 Å². The van der Waals surface area contributed by atoms with Crippen LogP contribution in [0.15, 0.2) is 6.33 Å². The minimum atomic E-state index is -0.361. The Morgan fingerprint density at radius 3 is 3.07 bits per heavy atom. The summed E-state index contributed by atoms with van der Waals surface area (Å²) in [6, 6.07) is -0.361. The fourth-order valence-corrected chi connectivity index (χ4v) is 1.92. The lowest BCUT2D eigenvalue weighted by atomic mass is 10.1. The first-order valence-electron chi connectivity index (χ1n) is 4.52. The number of nitrogens with zero attached hydrogens (tertiary/aromatic N) is 3. The zero-order valence-electron chi connectivity index (χ0n) is 8.14. The molecule has 7 heteroatoms. The molecule has 2 amide bonds. The highest BCUT2D eigenvalue weighted by Gasteiger charge is 2.31. The topological polar surface area (TPSA) is 75.2 Å². The normalized spacial score (nSPS) is 21.9. The molecule has 1 saturated heterocycles. The molecular weight excluding hydrogens is 216 g/mol. The van der Waals surface area contributed by atoms with Gasteiger partial charge >= 0.3 is 0 Å². The van der Waals surface area contributed by atoms with Crippen LogP contribution in [0.25, 0.3) is 0 Å². The Kier molecular flexibility index (Phi) is 2.63. The van der Waals surface area contributed by atoms with E-state index < -0.39 is 0 Å². The molecule has 2 rings (SSSR count). The minimum absolute atomic E-state index is 0.129. The van der Waals surface area contributed by atoms with Crippen molar-refractivity contribution < 1.29 is 9.59 Å². The van der Waals surface area contributed by atoms with Crippen molar-refractivity contribution in [2.45, 2.75) is 18.9 Å². The van der Waals surface area contributed by atoms with Gasteiger partial charge in [-0.3, -0.25) is 14.5 Å². The maximum Gasteiger partial charge on any atom is 0.251 e. The monoisotopic (exact) mass is 226 g/mol. The summed E-state index contributed by atoms with van der Waals surface area (Å²) in [6.07, 6.45) is 2.33. The van der Waals surface area contributed by atoms with Crippen LogP contribution < -0.4 is 5.32 Å². The molecule has 2 heterocycles. The summed E-state index contributed by atoms with van der Waals surface area (Å²) in [5, 5.41) is 3.57. The van der Waals surface area contributed by atoms with Crippen LogP contribution in [0.5, 0.6) is 0 Å². The van der Waals surface area contributed by atoms with E-state index in [9.17, 15) is 9.59 Å². The smallest absolute Gasteiger partial charge is 0.251 e. The van der Waals surface area contributed by atoms with Gasteiger partial charge in [-0.2, -0.15) is 4.37 Å². The van der Waals surface area contributed by atoms with Crippen LogP contribution in [0.2, 0.25) is 0 Å². The number of likely N-dealkylation sites (tertiary alicyclic amines) is 1. The number of aromatic nitrogens is 2. The Hall–Kier alpha value is -1.50. The van der Waals surface area contributed by atoms with Gasteiger partial charge in [0.05, 0.1) is 0 Å². The molecule has 0 bridgehead atoms. The van der Waals surface area contributed by atoms with E-state index >= 15 is 0 Å². The predicted octanol–water partition coefficient (Wildman–Crippen LogP) is 0.0974. The highest BCUT2D eigenvalue weighted by molar-refractivity contribution is 7.09. The molecule has 1 N–H and O–H groups in total. The Balaban J connectivity index is 2.05. The molecule has 1 aliphatic rings. The Morgan fingerprint density at radius 2 is 2.40 bits per heavy atom. The number of likely N-dealkylation sites (N-methyl/N-ethyl adjacent to an activating group) is 1. The zero-order chi connectivity index (χ0) is 10.8. The van der Waals surface area contributed by atoms with Crippen LogP contribution in [0.4, 0.5) is 5.13 Å². The fourth-order valence-electron chi connectivity index (χ4n) is 1.44. The molecule has 1 aromatic rings. The van der Waals surface area contributed by atoms with Crippen LogP contribution in [0.1, 0.15) is 12.8 Å². The van der Waals surface area contributed by atoms with E-state index in [1.807, 2.05) is 0 Å². The van der Waals surface area contributed by atoms with E-state index in [1.54, 1.807) is 0 Å². The molecule has 0 aromatic carbocycles. The quantitative estimate of drug-likeness (QED) is 0.724. The molecule has 15 heavy (non-hydrogen) atoms. The first-order chi connectivity index (χ1) is 7.18. The van der Waals surface area contributed by atoms with E-state index in [0.717, 1.165) is 4.90 Å². The third-order valence-corrected chi connectivity index (χ3v) is 2.90. The zero-order valence-corrected chi connectivity index (χ0v) is 8.95. The van der Waals surface area contributed by atoms with Crippen molar-refractivity contribution in [3.05, 3.63) is 6.33 Å². The van der Waals surface area contributed by atoms with Crippen molar-refractivity contribution in [3.63, 3.8) is 0 Å². The SMILES string of the molecule is CN1C(=O)CCC(Nc2ncns2)C1=O. The van der Waals surface area contributed by atoms with Gasteiger partial charge in [0.1, 0.15) is 12.4 Å². The summed E-state index contributed by atoms with van der Waals surface area (Å²) in [5.41, 5.74) is 0. The van der Waals surface area contributed by atoms with Crippen molar-refractivity contribution in [1.82, 2.24) is 14.3 Å².